The Bertz CT molecular complexity index is 923. The van der Waals surface area contributed by atoms with Crippen molar-refractivity contribution in [3.8, 4) is 5.75 Å². The van der Waals surface area contributed by atoms with Crippen molar-refractivity contribution in [2.24, 2.45) is 12.1 Å². The molecule has 3 rings (SSSR count). The second-order valence-electron chi connectivity index (χ2n) is 5.27. The normalized spacial score (nSPS) is 10.4. The molecule has 0 aliphatic carbocycles. The van der Waals surface area contributed by atoms with E-state index in [9.17, 15) is 9.90 Å². The number of hydrogen-bond donors (Lipinski definition) is 3. The smallest absolute Gasteiger partial charge is 0.339 e. The van der Waals surface area contributed by atoms with Crippen LogP contribution in [-0.4, -0.2) is 17.4 Å². The van der Waals surface area contributed by atoms with Gasteiger partial charge in [0.05, 0.1) is 5.69 Å². The third-order valence-electron chi connectivity index (χ3n) is 3.56. The molecule has 0 aliphatic heterocycles. The summed E-state index contributed by atoms with van der Waals surface area (Å²) in [6, 6.07) is 16.4. The average molecular weight is 357 g/mol. The molecule has 0 spiro atoms. The lowest BCUT2D eigenvalue weighted by Gasteiger charge is -2.07. The van der Waals surface area contributed by atoms with Gasteiger partial charge in [0.1, 0.15) is 13.3 Å². The number of aromatic hydroxyl groups is 1. The minimum Gasteiger partial charge on any atom is -1.00 e. The third-order valence-corrected chi connectivity index (χ3v) is 3.56. The number of nitrogens with zero attached hydrogens (tertiary/aromatic N) is 2. The molecule has 1 heterocycles. The molecule has 0 radical (unpaired) electrons. The summed E-state index contributed by atoms with van der Waals surface area (Å²) in [4.78, 5) is 12.0. The molecule has 1 aromatic heterocycles. The maximum absolute atomic E-state index is 12.0. The van der Waals surface area contributed by atoms with E-state index in [2.05, 4.69) is 15.8 Å². The van der Waals surface area contributed by atoms with E-state index in [1.54, 1.807) is 29.9 Å². The monoisotopic (exact) mass is 356 g/mol. The summed E-state index contributed by atoms with van der Waals surface area (Å²) in [6.07, 6.45) is 3.06. The number of rotatable bonds is 3. The minimum atomic E-state index is -0.427. The Balaban J connectivity index is 0.00000225. The molecule has 2 amide bonds. The Morgan fingerprint density at radius 3 is 2.68 bits per heavy atom. The zero-order chi connectivity index (χ0) is 16.9. The summed E-state index contributed by atoms with van der Waals surface area (Å²) >= 11 is 0. The summed E-state index contributed by atoms with van der Waals surface area (Å²) in [6.45, 7) is 0. The van der Waals surface area contributed by atoms with Crippen LogP contribution >= 0.6 is 0 Å². The summed E-state index contributed by atoms with van der Waals surface area (Å²) < 4.78 is 1.70. The van der Waals surface area contributed by atoms with E-state index < -0.39 is 6.03 Å². The highest BCUT2D eigenvalue weighted by Gasteiger charge is 2.06. The average Bonchev–Trinajstić information content (AvgIpc) is 2.57. The van der Waals surface area contributed by atoms with Crippen LogP contribution in [0.1, 0.15) is 5.69 Å². The van der Waals surface area contributed by atoms with Crippen LogP contribution in [0.2, 0.25) is 0 Å². The van der Waals surface area contributed by atoms with Gasteiger partial charge in [-0.3, -0.25) is 0 Å². The Kier molecular flexibility index (Phi) is 5.92. The fourth-order valence-electron chi connectivity index (χ4n) is 2.38. The number of pyridine rings is 1. The van der Waals surface area contributed by atoms with Crippen molar-refractivity contribution in [1.82, 2.24) is 5.43 Å². The first-order valence-electron chi connectivity index (χ1n) is 7.40. The number of hydrazone groups is 1. The van der Waals surface area contributed by atoms with E-state index in [1.165, 1.54) is 6.21 Å². The SMILES string of the molecule is C[n+]1cc(O)ccc1C=NNC(=O)Nc1cccc2ccccc12.[Cl-]. The molecule has 0 bridgehead atoms. The zero-order valence-corrected chi connectivity index (χ0v) is 14.2. The summed E-state index contributed by atoms with van der Waals surface area (Å²) in [5.74, 6) is 0.163. The molecule has 3 N–H and O–H groups in total. The lowest BCUT2D eigenvalue weighted by atomic mass is 10.1. The highest BCUT2D eigenvalue weighted by atomic mass is 35.5. The minimum absolute atomic E-state index is 0. The summed E-state index contributed by atoms with van der Waals surface area (Å²) in [5, 5.41) is 18.1. The molecular formula is C18H17ClN4O2. The molecule has 0 fully saturated rings. The zero-order valence-electron chi connectivity index (χ0n) is 13.5. The van der Waals surface area contributed by atoms with Crippen molar-refractivity contribution in [3.63, 3.8) is 0 Å². The predicted molar refractivity (Wildman–Crippen MR) is 93.0 cm³/mol. The number of aromatic nitrogens is 1. The van der Waals surface area contributed by atoms with Crippen LogP contribution in [0.4, 0.5) is 10.5 Å². The molecule has 0 saturated carbocycles. The van der Waals surface area contributed by atoms with E-state index in [4.69, 9.17) is 0 Å². The number of carbonyl (C=O) groups excluding carboxylic acids is 1. The van der Waals surface area contributed by atoms with Crippen molar-refractivity contribution in [1.29, 1.82) is 0 Å². The Hall–Kier alpha value is -3.12. The van der Waals surface area contributed by atoms with Gasteiger partial charge < -0.3 is 22.8 Å². The fourth-order valence-corrected chi connectivity index (χ4v) is 2.38. The molecule has 128 valence electrons. The van der Waals surface area contributed by atoms with Gasteiger partial charge in [0.25, 0.3) is 0 Å². The van der Waals surface area contributed by atoms with Gasteiger partial charge in [0.15, 0.2) is 5.75 Å². The number of nitrogens with one attached hydrogen (secondary N) is 2. The fraction of sp³-hybridized carbons (Fsp3) is 0.0556. The second kappa shape index (κ2) is 8.12. The molecule has 3 aromatic rings. The topological polar surface area (TPSA) is 77.6 Å². The van der Waals surface area contributed by atoms with E-state index in [-0.39, 0.29) is 18.2 Å². The Labute approximate surface area is 151 Å². The molecule has 0 aliphatic rings. The van der Waals surface area contributed by atoms with Crippen LogP contribution in [0.15, 0.2) is 65.9 Å². The summed E-state index contributed by atoms with van der Waals surface area (Å²) in [7, 11) is 1.78. The standard InChI is InChI=1S/C18H16N4O2.ClH/c1-22-12-15(23)10-9-14(22)11-19-21-18(24)20-17-8-4-6-13-5-2-3-7-16(13)17;/h2-12H,1H3,(H2,20,23,24);1H. The number of halogens is 1. The lowest BCUT2D eigenvalue weighted by Crippen LogP contribution is -3.00. The van der Waals surface area contributed by atoms with Crippen molar-refractivity contribution in [2.45, 2.75) is 0 Å². The third kappa shape index (κ3) is 4.45. The van der Waals surface area contributed by atoms with Crippen LogP contribution < -0.4 is 27.7 Å². The number of aryl methyl sites for hydroxylation is 1. The number of urea groups is 1. The molecule has 6 nitrogen and oxygen atoms in total. The molecule has 0 atom stereocenters. The number of hydrogen-bond acceptors (Lipinski definition) is 3. The van der Waals surface area contributed by atoms with Crippen molar-refractivity contribution in [3.05, 3.63) is 66.5 Å². The Morgan fingerprint density at radius 1 is 1.12 bits per heavy atom. The van der Waals surface area contributed by atoms with Crippen molar-refractivity contribution < 1.29 is 26.9 Å². The predicted octanol–water partition coefficient (Wildman–Crippen LogP) is -0.470. The van der Waals surface area contributed by atoms with E-state index >= 15 is 0 Å². The van der Waals surface area contributed by atoms with Crippen molar-refractivity contribution >= 4 is 28.7 Å². The first-order valence-corrected chi connectivity index (χ1v) is 7.40. The van der Waals surface area contributed by atoms with Crippen LogP contribution in [0.3, 0.4) is 0 Å². The van der Waals surface area contributed by atoms with Gasteiger partial charge >= 0.3 is 6.03 Å². The maximum atomic E-state index is 12.0. The molecule has 25 heavy (non-hydrogen) atoms. The van der Waals surface area contributed by atoms with Crippen molar-refractivity contribution in [2.75, 3.05) is 5.32 Å². The molecule has 2 aromatic carbocycles. The molecule has 0 unspecified atom stereocenters. The highest BCUT2D eigenvalue weighted by molar-refractivity contribution is 6.01. The van der Waals surface area contributed by atoms with Crippen LogP contribution in [0, 0.1) is 0 Å². The van der Waals surface area contributed by atoms with E-state index in [0.29, 0.717) is 0 Å². The number of anilines is 1. The van der Waals surface area contributed by atoms with E-state index in [1.807, 2.05) is 42.5 Å². The first kappa shape index (κ1) is 18.2. The van der Waals surface area contributed by atoms with Crippen LogP contribution in [0.25, 0.3) is 10.8 Å². The molecular weight excluding hydrogens is 340 g/mol. The first-order chi connectivity index (χ1) is 11.6. The van der Waals surface area contributed by atoms with Gasteiger partial charge in [-0.15, -0.1) is 0 Å². The highest BCUT2D eigenvalue weighted by Crippen LogP contribution is 2.22. The number of amides is 2. The summed E-state index contributed by atoms with van der Waals surface area (Å²) in [5.41, 5.74) is 3.88. The lowest BCUT2D eigenvalue weighted by molar-refractivity contribution is -0.672. The second-order valence-corrected chi connectivity index (χ2v) is 5.27. The van der Waals surface area contributed by atoms with E-state index in [0.717, 1.165) is 22.2 Å². The van der Waals surface area contributed by atoms with Crippen LogP contribution in [0.5, 0.6) is 5.75 Å². The number of carbonyl (C=O) groups is 1. The van der Waals surface area contributed by atoms with Gasteiger partial charge in [0.2, 0.25) is 11.9 Å². The van der Waals surface area contributed by atoms with Gasteiger partial charge in [0, 0.05) is 11.5 Å². The quantitative estimate of drug-likeness (QED) is 0.337. The number of benzene rings is 2. The Morgan fingerprint density at radius 2 is 1.88 bits per heavy atom. The largest absolute Gasteiger partial charge is 1.00 e. The van der Waals surface area contributed by atoms with Crippen LogP contribution in [-0.2, 0) is 7.05 Å². The molecule has 0 saturated heterocycles. The van der Waals surface area contributed by atoms with Gasteiger partial charge in [-0.25, -0.2) is 10.2 Å². The van der Waals surface area contributed by atoms with Gasteiger partial charge in [-0.2, -0.15) is 9.67 Å². The van der Waals surface area contributed by atoms with Gasteiger partial charge in [-0.05, 0) is 17.5 Å². The maximum Gasteiger partial charge on any atom is 0.339 e. The van der Waals surface area contributed by atoms with Gasteiger partial charge in [-0.1, -0.05) is 36.4 Å². The number of fused-ring (bicyclic) bond motifs is 1. The molecule has 7 heteroatoms.